The van der Waals surface area contributed by atoms with Crippen molar-refractivity contribution in [1.29, 1.82) is 0 Å². The van der Waals surface area contributed by atoms with Gasteiger partial charge in [0, 0.05) is 30.4 Å². The molecule has 2 aliphatic heterocycles. The second-order valence-corrected chi connectivity index (χ2v) is 11.5. The third-order valence-corrected chi connectivity index (χ3v) is 7.84. The quantitative estimate of drug-likeness (QED) is 0.324. The molecule has 2 amide bonds. The van der Waals surface area contributed by atoms with Gasteiger partial charge in [-0.1, -0.05) is 67.9 Å². The van der Waals surface area contributed by atoms with E-state index in [9.17, 15) is 9.59 Å². The van der Waals surface area contributed by atoms with Gasteiger partial charge in [-0.25, -0.2) is 0 Å². The Morgan fingerprint density at radius 1 is 1.00 bits per heavy atom. The van der Waals surface area contributed by atoms with E-state index in [1.54, 1.807) is 28.0 Å². The first-order valence-corrected chi connectivity index (χ1v) is 14.4. The number of carbonyl (C=O) groups is 2. The van der Waals surface area contributed by atoms with Gasteiger partial charge in [0.25, 0.3) is 11.8 Å². The zero-order chi connectivity index (χ0) is 28.1. The van der Waals surface area contributed by atoms with Crippen molar-refractivity contribution in [3.05, 3.63) is 101 Å². The molecule has 1 saturated heterocycles. The van der Waals surface area contributed by atoms with E-state index in [1.807, 2.05) is 55.5 Å². The fourth-order valence-corrected chi connectivity index (χ4v) is 5.95. The Balaban J connectivity index is 1.21. The van der Waals surface area contributed by atoms with Crippen molar-refractivity contribution in [2.75, 3.05) is 31.1 Å². The molecule has 3 aromatic rings. The van der Waals surface area contributed by atoms with Gasteiger partial charge in [-0.05, 0) is 54.8 Å². The van der Waals surface area contributed by atoms with E-state index < -0.39 is 0 Å². The highest BCUT2D eigenvalue weighted by molar-refractivity contribution is 6.09. The Morgan fingerprint density at radius 2 is 1.70 bits per heavy atom. The number of nitrogens with zero attached hydrogens (tertiary/aromatic N) is 1. The number of quaternary nitrogens is 1. The maximum absolute atomic E-state index is 13.5. The Bertz CT molecular complexity index is 1350. The predicted octanol–water partition coefficient (Wildman–Crippen LogP) is 4.64. The molecule has 2 N–H and O–H groups in total. The average molecular weight is 539 g/mol. The molecule has 0 saturated carbocycles. The van der Waals surface area contributed by atoms with Crippen LogP contribution in [0.3, 0.4) is 0 Å². The van der Waals surface area contributed by atoms with Crippen LogP contribution in [0.1, 0.15) is 53.7 Å². The Labute approximate surface area is 237 Å². The third kappa shape index (κ3) is 6.80. The molecule has 2 unspecified atom stereocenters. The number of aryl methyl sites for hydroxylation is 1. The van der Waals surface area contributed by atoms with E-state index in [4.69, 9.17) is 4.74 Å². The van der Waals surface area contributed by atoms with E-state index in [0.717, 1.165) is 41.6 Å². The average Bonchev–Trinajstić information content (AvgIpc) is 2.94. The highest BCUT2D eigenvalue weighted by Gasteiger charge is 2.30. The van der Waals surface area contributed by atoms with Crippen LogP contribution in [-0.4, -0.2) is 38.0 Å². The van der Waals surface area contributed by atoms with Crippen molar-refractivity contribution >= 4 is 23.6 Å². The largest absolute Gasteiger partial charge is 0.449 e. The summed E-state index contributed by atoms with van der Waals surface area (Å²) in [5, 5.41) is 3.06. The summed E-state index contributed by atoms with van der Waals surface area (Å²) in [5.74, 6) is 2.20. The maximum Gasteiger partial charge on any atom is 0.294 e. The van der Waals surface area contributed by atoms with Crippen LogP contribution in [0.2, 0.25) is 0 Å². The van der Waals surface area contributed by atoms with Crippen LogP contribution < -0.4 is 19.9 Å². The third-order valence-electron chi connectivity index (χ3n) is 7.84. The monoisotopic (exact) mass is 538 g/mol. The summed E-state index contributed by atoms with van der Waals surface area (Å²) in [5.41, 5.74) is 4.39. The Kier molecular flexibility index (Phi) is 8.66. The minimum Gasteiger partial charge on any atom is -0.449 e. The second kappa shape index (κ2) is 12.5. The van der Waals surface area contributed by atoms with Crippen molar-refractivity contribution in [3.8, 4) is 5.75 Å². The molecule has 0 spiro atoms. The number of anilines is 1. The molecule has 40 heavy (non-hydrogen) atoms. The molecular weight excluding hydrogens is 498 g/mol. The van der Waals surface area contributed by atoms with Gasteiger partial charge in [0.2, 0.25) is 0 Å². The van der Waals surface area contributed by atoms with Crippen LogP contribution in [0.5, 0.6) is 5.75 Å². The summed E-state index contributed by atoms with van der Waals surface area (Å²) in [7, 11) is 0. The lowest BCUT2D eigenvalue weighted by Crippen LogP contribution is -3.14. The normalized spacial score (nSPS) is 21.6. The molecule has 208 valence electrons. The molecule has 0 bridgehead atoms. The van der Waals surface area contributed by atoms with Gasteiger partial charge < -0.3 is 15.0 Å². The van der Waals surface area contributed by atoms with Crippen molar-refractivity contribution in [1.82, 2.24) is 5.32 Å². The number of hydrogen-bond donors (Lipinski definition) is 2. The predicted molar refractivity (Wildman–Crippen MR) is 159 cm³/mol. The fourth-order valence-electron chi connectivity index (χ4n) is 5.95. The van der Waals surface area contributed by atoms with E-state index in [1.165, 1.54) is 25.1 Å². The van der Waals surface area contributed by atoms with Gasteiger partial charge in [-0.2, -0.15) is 0 Å². The lowest BCUT2D eigenvalue weighted by molar-refractivity contribution is -0.912. The van der Waals surface area contributed by atoms with Gasteiger partial charge in [-0.15, -0.1) is 0 Å². The molecule has 2 aliphatic rings. The van der Waals surface area contributed by atoms with E-state index in [-0.39, 0.29) is 17.6 Å². The number of piperidine rings is 1. The topological polar surface area (TPSA) is 63.1 Å². The number of likely N-dealkylation sites (tertiary alicyclic amines) is 1. The van der Waals surface area contributed by atoms with Crippen LogP contribution in [0, 0.1) is 18.8 Å². The lowest BCUT2D eigenvalue weighted by Gasteiger charge is -2.32. The first kappa shape index (κ1) is 27.7. The van der Waals surface area contributed by atoms with E-state index in [0.29, 0.717) is 24.4 Å². The summed E-state index contributed by atoms with van der Waals surface area (Å²) in [6.07, 6.45) is 4.04. The number of nitrogens with one attached hydrogen (secondary N) is 2. The number of fused-ring (bicyclic) bond motifs is 1. The minimum atomic E-state index is -0.194. The number of carbonyl (C=O) groups excluding carboxylic acids is 2. The molecule has 1 fully saturated rings. The number of benzene rings is 3. The minimum absolute atomic E-state index is 0.0715. The van der Waals surface area contributed by atoms with Crippen molar-refractivity contribution in [2.24, 2.45) is 11.8 Å². The van der Waals surface area contributed by atoms with Crippen molar-refractivity contribution in [3.63, 3.8) is 0 Å². The van der Waals surface area contributed by atoms with Crippen LogP contribution in [0.25, 0.3) is 6.08 Å². The first-order valence-electron chi connectivity index (χ1n) is 14.4. The molecule has 3 aromatic carbocycles. The summed E-state index contributed by atoms with van der Waals surface area (Å²) in [6, 6.07) is 23.1. The van der Waals surface area contributed by atoms with Gasteiger partial charge in [0.1, 0.15) is 0 Å². The summed E-state index contributed by atoms with van der Waals surface area (Å²) < 4.78 is 6.03. The fraction of sp³-hybridized carbons (Fsp3) is 0.353. The highest BCUT2D eigenvalue weighted by atomic mass is 16.5. The molecule has 0 radical (unpaired) electrons. The van der Waals surface area contributed by atoms with E-state index in [2.05, 4.69) is 31.3 Å². The molecule has 6 heteroatoms. The van der Waals surface area contributed by atoms with Gasteiger partial charge >= 0.3 is 0 Å². The van der Waals surface area contributed by atoms with Crippen LogP contribution >= 0.6 is 0 Å². The van der Waals surface area contributed by atoms with Crippen molar-refractivity contribution in [2.45, 2.75) is 40.2 Å². The molecular formula is C34H40N3O3+. The van der Waals surface area contributed by atoms with Gasteiger partial charge in [0.15, 0.2) is 11.5 Å². The second-order valence-electron chi connectivity index (χ2n) is 11.5. The smallest absolute Gasteiger partial charge is 0.294 e. The Hall–Kier alpha value is -3.90. The lowest BCUT2D eigenvalue weighted by atomic mass is 9.92. The van der Waals surface area contributed by atoms with Crippen LogP contribution in [0.4, 0.5) is 5.69 Å². The van der Waals surface area contributed by atoms with E-state index >= 15 is 0 Å². The number of hydrogen-bond acceptors (Lipinski definition) is 3. The zero-order valence-electron chi connectivity index (χ0n) is 23.8. The maximum atomic E-state index is 13.5. The zero-order valence-corrected chi connectivity index (χ0v) is 23.8. The molecule has 0 aromatic heterocycles. The Morgan fingerprint density at radius 3 is 2.42 bits per heavy atom. The summed E-state index contributed by atoms with van der Waals surface area (Å²) in [6.45, 7) is 11.4. The molecule has 2 atom stereocenters. The number of amides is 2. The summed E-state index contributed by atoms with van der Waals surface area (Å²) in [4.78, 5) is 29.6. The first-order chi connectivity index (χ1) is 19.4. The highest BCUT2D eigenvalue weighted by Crippen LogP contribution is 2.36. The SMILES string of the molecule is Cc1ccc(CN2C(=O)C(=Cc3ccc(C(=O)NCCC[NH+]4CC(C)CC(C)C4)cc3)Oc3ccccc32)cc1. The van der Waals surface area contributed by atoms with Gasteiger partial charge in [0.05, 0.1) is 31.9 Å². The standard InChI is InChI=1S/C34H39N3O3/c1-24-9-11-28(12-10-24)23-37-30-7-4-5-8-31(30)40-32(34(37)39)20-27-13-15-29(16-14-27)33(38)35-17-6-18-36-21-25(2)19-26(3)22-36/h4-5,7-16,20,25-26H,6,17-19,21-23H2,1-3H3,(H,35,38)/p+1. The molecule has 6 nitrogen and oxygen atoms in total. The molecule has 2 heterocycles. The van der Waals surface area contributed by atoms with Crippen LogP contribution in [0.15, 0.2) is 78.6 Å². The summed E-state index contributed by atoms with van der Waals surface area (Å²) >= 11 is 0. The number of rotatable bonds is 8. The molecule has 5 rings (SSSR count). The number of para-hydroxylation sites is 2. The molecule has 0 aliphatic carbocycles. The number of ether oxygens (including phenoxy) is 1. The van der Waals surface area contributed by atoms with Crippen molar-refractivity contribution < 1.29 is 19.2 Å². The van der Waals surface area contributed by atoms with Crippen LogP contribution in [-0.2, 0) is 11.3 Å². The van der Waals surface area contributed by atoms with Gasteiger partial charge in [-0.3, -0.25) is 14.5 Å².